The van der Waals surface area contributed by atoms with Crippen molar-refractivity contribution in [2.75, 3.05) is 26.3 Å². The lowest BCUT2D eigenvalue weighted by Gasteiger charge is -2.31. The van der Waals surface area contributed by atoms with Gasteiger partial charge in [0.2, 0.25) is 5.91 Å². The Kier molecular flexibility index (Phi) is 5.76. The van der Waals surface area contributed by atoms with Crippen LogP contribution in [-0.4, -0.2) is 43.7 Å². The number of nitrogens with two attached hydrogens (primary N) is 1. The molecule has 0 aliphatic carbocycles. The van der Waals surface area contributed by atoms with Gasteiger partial charge in [0.05, 0.1) is 5.54 Å². The van der Waals surface area contributed by atoms with Crippen LogP contribution in [0.25, 0.3) is 0 Å². The standard InChI is InChI=1S/C15H20ClN3O3/c16-12-3-1-11(2-4-12)13(20)18-7-8-19-14(21)15(17)5-9-22-10-6-15/h1-4H,5-10,17H2,(H,18,20)(H,19,21). The molecule has 1 aliphatic rings. The Bertz CT molecular complexity index is 527. The first-order chi connectivity index (χ1) is 10.5. The van der Waals surface area contributed by atoms with Crippen LogP contribution in [0.15, 0.2) is 24.3 Å². The van der Waals surface area contributed by atoms with Crippen molar-refractivity contribution in [2.24, 2.45) is 5.73 Å². The summed E-state index contributed by atoms with van der Waals surface area (Å²) < 4.78 is 5.20. The summed E-state index contributed by atoms with van der Waals surface area (Å²) in [6, 6.07) is 6.60. The molecule has 120 valence electrons. The molecule has 2 rings (SSSR count). The van der Waals surface area contributed by atoms with E-state index >= 15 is 0 Å². The smallest absolute Gasteiger partial charge is 0.251 e. The van der Waals surface area contributed by atoms with E-state index in [1.807, 2.05) is 0 Å². The molecule has 2 amide bonds. The SMILES string of the molecule is NC1(C(=O)NCCNC(=O)c2ccc(Cl)cc2)CCOCC1. The van der Waals surface area contributed by atoms with Gasteiger partial charge >= 0.3 is 0 Å². The van der Waals surface area contributed by atoms with Crippen molar-refractivity contribution in [2.45, 2.75) is 18.4 Å². The quantitative estimate of drug-likeness (QED) is 0.694. The maximum absolute atomic E-state index is 12.1. The molecule has 0 aromatic heterocycles. The fourth-order valence-corrected chi connectivity index (χ4v) is 2.32. The number of benzene rings is 1. The molecule has 0 bridgehead atoms. The molecule has 0 saturated carbocycles. The van der Waals surface area contributed by atoms with E-state index in [4.69, 9.17) is 22.1 Å². The maximum Gasteiger partial charge on any atom is 0.251 e. The molecule has 0 unspecified atom stereocenters. The fraction of sp³-hybridized carbons (Fsp3) is 0.467. The summed E-state index contributed by atoms with van der Waals surface area (Å²) in [5.74, 6) is -0.406. The second-order valence-corrected chi connectivity index (χ2v) is 5.72. The Balaban J connectivity index is 1.71. The summed E-state index contributed by atoms with van der Waals surface area (Å²) >= 11 is 5.76. The molecule has 0 atom stereocenters. The van der Waals surface area contributed by atoms with Crippen LogP contribution < -0.4 is 16.4 Å². The van der Waals surface area contributed by atoms with Gasteiger partial charge in [-0.15, -0.1) is 0 Å². The van der Waals surface area contributed by atoms with E-state index < -0.39 is 5.54 Å². The Morgan fingerprint density at radius 2 is 1.73 bits per heavy atom. The van der Waals surface area contributed by atoms with Gasteiger partial charge in [0.1, 0.15) is 0 Å². The first-order valence-electron chi connectivity index (χ1n) is 7.20. The third-order valence-electron chi connectivity index (χ3n) is 3.64. The van der Waals surface area contributed by atoms with Gasteiger partial charge in [-0.1, -0.05) is 11.6 Å². The Hall–Kier alpha value is -1.63. The summed E-state index contributed by atoms with van der Waals surface area (Å²) in [7, 11) is 0. The number of carbonyl (C=O) groups is 2. The Morgan fingerprint density at radius 3 is 2.36 bits per heavy atom. The van der Waals surface area contributed by atoms with Crippen LogP contribution in [-0.2, 0) is 9.53 Å². The highest BCUT2D eigenvalue weighted by Gasteiger charge is 2.35. The fourth-order valence-electron chi connectivity index (χ4n) is 2.19. The van der Waals surface area contributed by atoms with Crippen LogP contribution >= 0.6 is 11.6 Å². The Labute approximate surface area is 134 Å². The maximum atomic E-state index is 12.1. The summed E-state index contributed by atoms with van der Waals surface area (Å²) in [5, 5.41) is 6.06. The molecule has 22 heavy (non-hydrogen) atoms. The molecule has 7 heteroatoms. The number of hydrogen-bond donors (Lipinski definition) is 3. The highest BCUT2D eigenvalue weighted by molar-refractivity contribution is 6.30. The third-order valence-corrected chi connectivity index (χ3v) is 3.89. The van der Waals surface area contributed by atoms with E-state index in [0.717, 1.165) is 0 Å². The average molecular weight is 326 g/mol. The minimum atomic E-state index is -0.863. The summed E-state index contributed by atoms with van der Waals surface area (Å²) in [6.45, 7) is 1.66. The van der Waals surface area contributed by atoms with Crippen molar-refractivity contribution < 1.29 is 14.3 Å². The zero-order valence-corrected chi connectivity index (χ0v) is 13.0. The molecule has 1 aromatic carbocycles. The van der Waals surface area contributed by atoms with Crippen molar-refractivity contribution >= 4 is 23.4 Å². The molecule has 0 radical (unpaired) electrons. The zero-order chi connectivity index (χ0) is 16.0. The topological polar surface area (TPSA) is 93.5 Å². The van der Waals surface area contributed by atoms with Gasteiger partial charge in [-0.25, -0.2) is 0 Å². The Morgan fingerprint density at radius 1 is 1.14 bits per heavy atom. The van der Waals surface area contributed by atoms with Gasteiger partial charge in [0, 0.05) is 36.9 Å². The predicted molar refractivity (Wildman–Crippen MR) is 83.8 cm³/mol. The normalized spacial score (nSPS) is 16.8. The highest BCUT2D eigenvalue weighted by Crippen LogP contribution is 2.17. The predicted octanol–water partition coefficient (Wildman–Crippen LogP) is 0.694. The average Bonchev–Trinajstić information content (AvgIpc) is 2.52. The van der Waals surface area contributed by atoms with E-state index in [0.29, 0.717) is 49.7 Å². The van der Waals surface area contributed by atoms with E-state index in [-0.39, 0.29) is 11.8 Å². The number of halogens is 1. The van der Waals surface area contributed by atoms with Crippen LogP contribution in [0.5, 0.6) is 0 Å². The van der Waals surface area contributed by atoms with Crippen LogP contribution in [0.2, 0.25) is 5.02 Å². The first-order valence-corrected chi connectivity index (χ1v) is 7.58. The van der Waals surface area contributed by atoms with Crippen molar-refractivity contribution in [1.29, 1.82) is 0 Å². The van der Waals surface area contributed by atoms with Gasteiger partial charge in [-0.05, 0) is 37.1 Å². The molecule has 6 nitrogen and oxygen atoms in total. The minimum Gasteiger partial charge on any atom is -0.381 e. The largest absolute Gasteiger partial charge is 0.381 e. The van der Waals surface area contributed by atoms with Crippen LogP contribution in [0.1, 0.15) is 23.2 Å². The number of ether oxygens (including phenoxy) is 1. The van der Waals surface area contributed by atoms with E-state index in [1.165, 1.54) is 0 Å². The molecule has 1 fully saturated rings. The molecule has 1 saturated heterocycles. The van der Waals surface area contributed by atoms with Crippen molar-refractivity contribution in [3.8, 4) is 0 Å². The lowest BCUT2D eigenvalue weighted by molar-refractivity contribution is -0.129. The van der Waals surface area contributed by atoms with Crippen molar-refractivity contribution in [3.05, 3.63) is 34.9 Å². The summed E-state index contributed by atoms with van der Waals surface area (Å²) in [4.78, 5) is 23.9. The number of rotatable bonds is 5. The van der Waals surface area contributed by atoms with Gasteiger partial charge in [0.15, 0.2) is 0 Å². The summed E-state index contributed by atoms with van der Waals surface area (Å²) in [5.41, 5.74) is 5.72. The molecule has 1 heterocycles. The molecule has 1 aliphatic heterocycles. The van der Waals surface area contributed by atoms with Gasteiger partial charge in [-0.2, -0.15) is 0 Å². The van der Waals surface area contributed by atoms with Crippen LogP contribution in [0.4, 0.5) is 0 Å². The first kappa shape index (κ1) is 16.7. The van der Waals surface area contributed by atoms with Gasteiger partial charge in [0.25, 0.3) is 5.91 Å². The molecule has 4 N–H and O–H groups in total. The van der Waals surface area contributed by atoms with E-state index in [9.17, 15) is 9.59 Å². The monoisotopic (exact) mass is 325 g/mol. The number of nitrogens with one attached hydrogen (secondary N) is 2. The van der Waals surface area contributed by atoms with E-state index in [1.54, 1.807) is 24.3 Å². The van der Waals surface area contributed by atoms with E-state index in [2.05, 4.69) is 10.6 Å². The number of hydrogen-bond acceptors (Lipinski definition) is 4. The lowest BCUT2D eigenvalue weighted by atomic mass is 9.90. The highest BCUT2D eigenvalue weighted by atomic mass is 35.5. The van der Waals surface area contributed by atoms with Crippen molar-refractivity contribution in [1.82, 2.24) is 10.6 Å². The van der Waals surface area contributed by atoms with Crippen LogP contribution in [0, 0.1) is 0 Å². The number of carbonyl (C=O) groups excluding carboxylic acids is 2. The number of amides is 2. The van der Waals surface area contributed by atoms with Gasteiger partial charge < -0.3 is 21.1 Å². The molecule has 0 spiro atoms. The molecular weight excluding hydrogens is 306 g/mol. The second-order valence-electron chi connectivity index (χ2n) is 5.29. The van der Waals surface area contributed by atoms with Crippen molar-refractivity contribution in [3.63, 3.8) is 0 Å². The van der Waals surface area contributed by atoms with Crippen LogP contribution in [0.3, 0.4) is 0 Å². The minimum absolute atomic E-state index is 0.198. The lowest BCUT2D eigenvalue weighted by Crippen LogP contribution is -2.57. The molecular formula is C15H20ClN3O3. The zero-order valence-electron chi connectivity index (χ0n) is 12.2. The second kappa shape index (κ2) is 7.58. The van der Waals surface area contributed by atoms with Gasteiger partial charge in [-0.3, -0.25) is 9.59 Å². The third kappa shape index (κ3) is 4.43. The molecule has 1 aromatic rings. The summed E-state index contributed by atoms with van der Waals surface area (Å²) in [6.07, 6.45) is 1.02.